The van der Waals surface area contributed by atoms with Crippen LogP contribution < -0.4 is 10.6 Å². The number of nitrogens with one attached hydrogen (secondary N) is 2. The van der Waals surface area contributed by atoms with Crippen molar-refractivity contribution in [3.05, 3.63) is 59.8 Å². The first-order chi connectivity index (χ1) is 14.3. The van der Waals surface area contributed by atoms with E-state index in [2.05, 4.69) is 51.5 Å². The van der Waals surface area contributed by atoms with Gasteiger partial charge in [0.05, 0.1) is 18.4 Å². The zero-order chi connectivity index (χ0) is 21.7. The number of benzene rings is 1. The SMILES string of the molecule is CC(C)N(C)CCn1cc(Nc2nccc(NCc3c(F)cc(F)cc3F)n2)cn1. The molecular weight excluding hydrogens is 395 g/mol. The summed E-state index contributed by atoms with van der Waals surface area (Å²) in [7, 11) is 2.06. The Hall–Kier alpha value is -3.14. The second-order valence-corrected chi connectivity index (χ2v) is 7.16. The van der Waals surface area contributed by atoms with E-state index in [1.807, 2.05) is 10.9 Å². The van der Waals surface area contributed by atoms with E-state index in [0.29, 0.717) is 29.9 Å². The molecular formula is C20H24F3N7. The second-order valence-electron chi connectivity index (χ2n) is 7.16. The van der Waals surface area contributed by atoms with E-state index in [4.69, 9.17) is 0 Å². The van der Waals surface area contributed by atoms with E-state index in [9.17, 15) is 13.2 Å². The van der Waals surface area contributed by atoms with Crippen LogP contribution in [0.25, 0.3) is 0 Å². The van der Waals surface area contributed by atoms with Crippen molar-refractivity contribution in [1.82, 2.24) is 24.6 Å². The van der Waals surface area contributed by atoms with Gasteiger partial charge >= 0.3 is 0 Å². The highest BCUT2D eigenvalue weighted by Crippen LogP contribution is 2.17. The van der Waals surface area contributed by atoms with Gasteiger partial charge < -0.3 is 15.5 Å². The first-order valence-corrected chi connectivity index (χ1v) is 9.52. The molecule has 0 spiro atoms. The fraction of sp³-hybridized carbons (Fsp3) is 0.350. The van der Waals surface area contributed by atoms with Crippen LogP contribution in [0.15, 0.2) is 36.8 Å². The number of nitrogens with zero attached hydrogens (tertiary/aromatic N) is 5. The number of anilines is 3. The molecule has 0 bridgehead atoms. The molecule has 0 aliphatic rings. The molecule has 0 atom stereocenters. The van der Waals surface area contributed by atoms with Crippen LogP contribution in [-0.4, -0.2) is 44.3 Å². The van der Waals surface area contributed by atoms with E-state index in [0.717, 1.165) is 18.8 Å². The molecule has 0 unspecified atom stereocenters. The first-order valence-electron chi connectivity index (χ1n) is 9.52. The van der Waals surface area contributed by atoms with Crippen molar-refractivity contribution < 1.29 is 13.2 Å². The lowest BCUT2D eigenvalue weighted by molar-refractivity contribution is 0.259. The van der Waals surface area contributed by atoms with Crippen molar-refractivity contribution in [2.45, 2.75) is 33.0 Å². The molecule has 7 nitrogen and oxygen atoms in total. The summed E-state index contributed by atoms with van der Waals surface area (Å²) in [6.07, 6.45) is 5.03. The van der Waals surface area contributed by atoms with Crippen LogP contribution in [-0.2, 0) is 13.1 Å². The lowest BCUT2D eigenvalue weighted by Crippen LogP contribution is -2.29. The Balaban J connectivity index is 1.60. The van der Waals surface area contributed by atoms with Gasteiger partial charge in [0.2, 0.25) is 5.95 Å². The Morgan fingerprint density at radius 3 is 2.60 bits per heavy atom. The fourth-order valence-electron chi connectivity index (χ4n) is 2.64. The van der Waals surface area contributed by atoms with E-state index < -0.39 is 17.5 Å². The summed E-state index contributed by atoms with van der Waals surface area (Å²) in [6.45, 7) is 5.69. The highest BCUT2D eigenvalue weighted by Gasteiger charge is 2.12. The Labute approximate surface area is 173 Å². The molecule has 1 aromatic carbocycles. The lowest BCUT2D eigenvalue weighted by Gasteiger charge is -2.20. The maximum atomic E-state index is 13.8. The first kappa shape index (κ1) is 21.6. The third-order valence-corrected chi connectivity index (χ3v) is 4.66. The second kappa shape index (κ2) is 9.57. The molecule has 10 heteroatoms. The minimum Gasteiger partial charge on any atom is -0.366 e. The summed E-state index contributed by atoms with van der Waals surface area (Å²) in [6, 6.07) is 3.31. The average molecular weight is 419 g/mol. The summed E-state index contributed by atoms with van der Waals surface area (Å²) >= 11 is 0. The maximum Gasteiger partial charge on any atom is 0.229 e. The fourth-order valence-corrected chi connectivity index (χ4v) is 2.64. The van der Waals surface area contributed by atoms with Crippen LogP contribution in [0.1, 0.15) is 19.4 Å². The van der Waals surface area contributed by atoms with Crippen LogP contribution in [0.3, 0.4) is 0 Å². The Kier molecular flexibility index (Phi) is 6.88. The van der Waals surface area contributed by atoms with Crippen LogP contribution >= 0.6 is 0 Å². The van der Waals surface area contributed by atoms with Gasteiger partial charge in [0, 0.05) is 49.2 Å². The summed E-state index contributed by atoms with van der Waals surface area (Å²) in [4.78, 5) is 10.6. The van der Waals surface area contributed by atoms with Crippen LogP contribution in [0, 0.1) is 17.5 Å². The standard InChI is InChI=1S/C20H24F3N7/c1-13(2)29(3)6-7-30-12-15(10-26-30)27-20-24-5-4-19(28-20)25-11-16-17(22)8-14(21)9-18(16)23/h4-5,8-10,12-13H,6-7,11H2,1-3H3,(H2,24,25,27,28). The Morgan fingerprint density at radius 2 is 1.90 bits per heavy atom. The van der Waals surface area contributed by atoms with Gasteiger partial charge in [-0.1, -0.05) is 0 Å². The minimum atomic E-state index is -0.960. The number of hydrogen-bond acceptors (Lipinski definition) is 6. The van der Waals surface area contributed by atoms with Gasteiger partial charge in [0.25, 0.3) is 0 Å². The van der Waals surface area contributed by atoms with Crippen molar-refractivity contribution in [3.63, 3.8) is 0 Å². The Morgan fingerprint density at radius 1 is 1.17 bits per heavy atom. The third kappa shape index (κ3) is 5.69. The van der Waals surface area contributed by atoms with E-state index >= 15 is 0 Å². The minimum absolute atomic E-state index is 0.185. The van der Waals surface area contributed by atoms with Crippen molar-refractivity contribution in [3.8, 4) is 0 Å². The number of aromatic nitrogens is 4. The number of halogens is 3. The maximum absolute atomic E-state index is 13.8. The molecule has 0 radical (unpaired) electrons. The van der Waals surface area contributed by atoms with Crippen molar-refractivity contribution in [2.24, 2.45) is 0 Å². The van der Waals surface area contributed by atoms with Gasteiger partial charge in [-0.15, -0.1) is 0 Å². The van der Waals surface area contributed by atoms with Crippen LogP contribution in [0.2, 0.25) is 0 Å². The molecule has 0 saturated heterocycles. The number of hydrogen-bond donors (Lipinski definition) is 2. The molecule has 3 aromatic rings. The van der Waals surface area contributed by atoms with Gasteiger partial charge in [-0.25, -0.2) is 18.2 Å². The highest BCUT2D eigenvalue weighted by molar-refractivity contribution is 5.52. The molecule has 0 amide bonds. The predicted octanol–water partition coefficient (Wildman–Crippen LogP) is 3.79. The third-order valence-electron chi connectivity index (χ3n) is 4.66. The summed E-state index contributed by atoms with van der Waals surface area (Å²) < 4.78 is 42.4. The normalized spacial score (nSPS) is 11.3. The average Bonchev–Trinajstić information content (AvgIpc) is 3.12. The van der Waals surface area contributed by atoms with Gasteiger partial charge in [-0.2, -0.15) is 10.1 Å². The molecule has 2 aromatic heterocycles. The molecule has 0 fully saturated rings. The number of rotatable bonds is 9. The summed E-state index contributed by atoms with van der Waals surface area (Å²) in [5, 5.41) is 10.2. The van der Waals surface area contributed by atoms with Crippen molar-refractivity contribution >= 4 is 17.5 Å². The summed E-state index contributed by atoms with van der Waals surface area (Å²) in [5.41, 5.74) is 0.451. The highest BCUT2D eigenvalue weighted by atomic mass is 19.1. The van der Waals surface area contributed by atoms with Gasteiger partial charge in [0.1, 0.15) is 23.3 Å². The predicted molar refractivity (Wildman–Crippen MR) is 109 cm³/mol. The van der Waals surface area contributed by atoms with Gasteiger partial charge in [0.15, 0.2) is 0 Å². The van der Waals surface area contributed by atoms with E-state index in [1.165, 1.54) is 6.20 Å². The van der Waals surface area contributed by atoms with E-state index in [1.54, 1.807) is 12.3 Å². The van der Waals surface area contributed by atoms with Crippen LogP contribution in [0.5, 0.6) is 0 Å². The molecule has 2 N–H and O–H groups in total. The largest absolute Gasteiger partial charge is 0.366 e. The van der Waals surface area contributed by atoms with Gasteiger partial charge in [-0.3, -0.25) is 4.68 Å². The Bertz CT molecular complexity index is 967. The number of likely N-dealkylation sites (N-methyl/N-ethyl adjacent to an activating group) is 1. The zero-order valence-corrected chi connectivity index (χ0v) is 17.0. The van der Waals surface area contributed by atoms with Crippen LogP contribution in [0.4, 0.5) is 30.6 Å². The summed E-state index contributed by atoms with van der Waals surface area (Å²) in [5.74, 6) is -2.20. The molecule has 3 rings (SSSR count). The molecule has 0 saturated carbocycles. The lowest BCUT2D eigenvalue weighted by atomic mass is 10.2. The van der Waals surface area contributed by atoms with E-state index in [-0.39, 0.29) is 12.1 Å². The molecule has 0 aliphatic carbocycles. The quantitative estimate of drug-likeness (QED) is 0.550. The molecule has 30 heavy (non-hydrogen) atoms. The molecule has 2 heterocycles. The monoisotopic (exact) mass is 419 g/mol. The zero-order valence-electron chi connectivity index (χ0n) is 17.0. The van der Waals surface area contributed by atoms with Crippen molar-refractivity contribution in [1.29, 1.82) is 0 Å². The molecule has 0 aliphatic heterocycles. The van der Waals surface area contributed by atoms with Crippen molar-refractivity contribution in [2.75, 3.05) is 24.2 Å². The molecule has 160 valence electrons. The topological polar surface area (TPSA) is 70.9 Å². The smallest absolute Gasteiger partial charge is 0.229 e. The van der Waals surface area contributed by atoms with Gasteiger partial charge in [-0.05, 0) is 27.0 Å².